The van der Waals surface area contributed by atoms with Crippen LogP contribution in [-0.2, 0) is 0 Å². The van der Waals surface area contributed by atoms with Gasteiger partial charge in [0.1, 0.15) is 12.0 Å². The first-order chi connectivity index (χ1) is 6.77. The molecule has 2 heterocycles. The topological polar surface area (TPSA) is 55.7 Å². The normalized spacial score (nSPS) is 9.40. The first-order valence-electron chi connectivity index (χ1n) is 4.33. The number of rotatable bonds is 1. The lowest BCUT2D eigenvalue weighted by Gasteiger charge is -1.98. The number of halogens is 1. The highest BCUT2D eigenvalue weighted by Crippen LogP contribution is 2.05. The molecule has 0 fully saturated rings. The van der Waals surface area contributed by atoms with Crippen LogP contribution in [0, 0.1) is 6.92 Å². The average Bonchev–Trinajstić information content (AvgIpc) is 2.19. The number of nitrogens with two attached hydrogens (primary N) is 1. The van der Waals surface area contributed by atoms with Crippen molar-refractivity contribution in [2.45, 2.75) is 6.92 Å². The van der Waals surface area contributed by atoms with Gasteiger partial charge in [-0.05, 0) is 6.92 Å². The van der Waals surface area contributed by atoms with Gasteiger partial charge in [0.2, 0.25) is 5.82 Å². The monoisotopic (exact) mass is 222 g/mol. The lowest BCUT2D eigenvalue weighted by molar-refractivity contribution is -0.595. The van der Waals surface area contributed by atoms with E-state index in [1.165, 1.54) is 0 Å². The van der Waals surface area contributed by atoms with Crippen molar-refractivity contribution in [2.24, 2.45) is 0 Å². The second-order valence-corrected chi connectivity index (χ2v) is 2.97. The van der Waals surface area contributed by atoms with Crippen LogP contribution in [-0.4, -0.2) is 9.97 Å². The van der Waals surface area contributed by atoms with Crippen molar-refractivity contribution >= 4 is 5.82 Å². The smallest absolute Gasteiger partial charge is 0.271 e. The molecule has 2 rings (SSSR count). The van der Waals surface area contributed by atoms with Crippen LogP contribution in [0.5, 0.6) is 0 Å². The van der Waals surface area contributed by atoms with E-state index in [1.54, 1.807) is 6.20 Å². The van der Waals surface area contributed by atoms with Gasteiger partial charge in [0.05, 0.1) is 0 Å². The zero-order valence-electron chi connectivity index (χ0n) is 8.26. The van der Waals surface area contributed by atoms with E-state index in [0.29, 0.717) is 11.6 Å². The molecule has 0 aliphatic rings. The largest absolute Gasteiger partial charge is 1.00 e. The molecule has 0 aromatic carbocycles. The van der Waals surface area contributed by atoms with E-state index in [2.05, 4.69) is 9.97 Å². The number of aromatic nitrogens is 3. The molecule has 0 saturated carbocycles. The molecule has 0 spiro atoms. The minimum absolute atomic E-state index is 0. The van der Waals surface area contributed by atoms with Gasteiger partial charge in [-0.1, -0.05) is 6.07 Å². The lowest BCUT2D eigenvalue weighted by atomic mass is 10.4. The maximum absolute atomic E-state index is 5.78. The Hall–Kier alpha value is -1.68. The van der Waals surface area contributed by atoms with E-state index in [-0.39, 0.29) is 12.4 Å². The highest BCUT2D eigenvalue weighted by Gasteiger charge is 2.10. The molecule has 2 N–H and O–H groups in total. The van der Waals surface area contributed by atoms with Crippen molar-refractivity contribution in [2.75, 3.05) is 5.73 Å². The van der Waals surface area contributed by atoms with Crippen LogP contribution in [0.3, 0.4) is 0 Å². The summed E-state index contributed by atoms with van der Waals surface area (Å²) in [6.07, 6.45) is 5.53. The molecule has 0 unspecified atom stereocenters. The fourth-order valence-electron chi connectivity index (χ4n) is 1.24. The minimum atomic E-state index is 0. The fourth-order valence-corrected chi connectivity index (χ4v) is 1.24. The number of pyridine rings is 1. The number of aryl methyl sites for hydroxylation is 1. The third-order valence-electron chi connectivity index (χ3n) is 1.91. The molecule has 0 amide bonds. The van der Waals surface area contributed by atoms with Crippen molar-refractivity contribution in [3.8, 4) is 5.69 Å². The van der Waals surface area contributed by atoms with Crippen LogP contribution in [0.4, 0.5) is 5.82 Å². The molecule has 78 valence electrons. The number of hydrogen-bond donors (Lipinski definition) is 1. The second kappa shape index (κ2) is 4.70. The summed E-state index contributed by atoms with van der Waals surface area (Å²) in [6.45, 7) is 1.82. The van der Waals surface area contributed by atoms with E-state index in [4.69, 9.17) is 5.73 Å². The maximum Gasteiger partial charge on any atom is 0.271 e. The quantitative estimate of drug-likeness (QED) is 0.550. The zero-order valence-corrected chi connectivity index (χ0v) is 9.02. The SMILES string of the molecule is Cc1ncc(-[n+]2ccccc2)c(N)n1.[Cl-]. The zero-order chi connectivity index (χ0) is 9.97. The number of nitrogens with zero attached hydrogens (tertiary/aromatic N) is 3. The Morgan fingerprint density at radius 2 is 1.87 bits per heavy atom. The maximum atomic E-state index is 5.78. The van der Waals surface area contributed by atoms with Crippen LogP contribution < -0.4 is 22.7 Å². The average molecular weight is 223 g/mol. The van der Waals surface area contributed by atoms with Crippen LogP contribution in [0.15, 0.2) is 36.8 Å². The van der Waals surface area contributed by atoms with Crippen LogP contribution in [0.25, 0.3) is 5.69 Å². The number of anilines is 1. The molecule has 0 bridgehead atoms. The lowest BCUT2D eigenvalue weighted by Crippen LogP contribution is -3.00. The molecule has 15 heavy (non-hydrogen) atoms. The van der Waals surface area contributed by atoms with Gasteiger partial charge < -0.3 is 18.1 Å². The molecule has 4 nitrogen and oxygen atoms in total. The summed E-state index contributed by atoms with van der Waals surface area (Å²) in [5.74, 6) is 1.18. The van der Waals surface area contributed by atoms with E-state index >= 15 is 0 Å². The van der Waals surface area contributed by atoms with Crippen LogP contribution in [0.1, 0.15) is 5.82 Å². The van der Waals surface area contributed by atoms with E-state index < -0.39 is 0 Å². The van der Waals surface area contributed by atoms with Crippen molar-refractivity contribution in [1.82, 2.24) is 9.97 Å². The predicted molar refractivity (Wildman–Crippen MR) is 52.7 cm³/mol. The minimum Gasteiger partial charge on any atom is -1.00 e. The second-order valence-electron chi connectivity index (χ2n) is 2.97. The third-order valence-corrected chi connectivity index (χ3v) is 1.91. The molecular formula is C10H11ClN4. The summed E-state index contributed by atoms with van der Waals surface area (Å²) < 4.78 is 1.88. The molecule has 0 atom stereocenters. The summed E-state index contributed by atoms with van der Waals surface area (Å²) in [6, 6.07) is 5.81. The molecule has 0 saturated heterocycles. The Morgan fingerprint density at radius 3 is 2.47 bits per heavy atom. The highest BCUT2D eigenvalue weighted by molar-refractivity contribution is 5.43. The Labute approximate surface area is 94.2 Å². The van der Waals surface area contributed by atoms with Gasteiger partial charge in [-0.15, -0.1) is 0 Å². The van der Waals surface area contributed by atoms with Gasteiger partial charge in [0.25, 0.3) is 5.69 Å². The Morgan fingerprint density at radius 1 is 1.20 bits per heavy atom. The van der Waals surface area contributed by atoms with Crippen molar-refractivity contribution in [3.63, 3.8) is 0 Å². The van der Waals surface area contributed by atoms with E-state index in [0.717, 1.165) is 5.69 Å². The third kappa shape index (κ3) is 2.41. The summed E-state index contributed by atoms with van der Waals surface area (Å²) in [4.78, 5) is 8.20. The number of hydrogen-bond acceptors (Lipinski definition) is 3. The number of nitrogen functional groups attached to an aromatic ring is 1. The van der Waals surface area contributed by atoms with Crippen LogP contribution in [0.2, 0.25) is 0 Å². The molecule has 5 heteroatoms. The van der Waals surface area contributed by atoms with Gasteiger partial charge in [-0.2, -0.15) is 4.57 Å². The van der Waals surface area contributed by atoms with E-state index in [9.17, 15) is 0 Å². The van der Waals surface area contributed by atoms with Crippen molar-refractivity contribution in [1.29, 1.82) is 0 Å². The van der Waals surface area contributed by atoms with Gasteiger partial charge in [0, 0.05) is 12.1 Å². The van der Waals surface area contributed by atoms with Gasteiger partial charge >= 0.3 is 0 Å². The Bertz CT molecular complexity index is 444. The highest BCUT2D eigenvalue weighted by atomic mass is 35.5. The van der Waals surface area contributed by atoms with Gasteiger partial charge in [-0.25, -0.2) is 9.97 Å². The summed E-state index contributed by atoms with van der Waals surface area (Å²) in [7, 11) is 0. The molecular weight excluding hydrogens is 212 g/mol. The predicted octanol–water partition coefficient (Wildman–Crippen LogP) is -2.35. The molecule has 0 aliphatic carbocycles. The van der Waals surface area contributed by atoms with Crippen LogP contribution >= 0.6 is 0 Å². The van der Waals surface area contributed by atoms with Crippen molar-refractivity contribution < 1.29 is 17.0 Å². The molecule has 0 radical (unpaired) electrons. The molecule has 2 aromatic rings. The van der Waals surface area contributed by atoms with E-state index in [1.807, 2.05) is 42.1 Å². The first-order valence-corrected chi connectivity index (χ1v) is 4.33. The summed E-state index contributed by atoms with van der Waals surface area (Å²) in [5, 5.41) is 0. The summed E-state index contributed by atoms with van der Waals surface area (Å²) in [5.41, 5.74) is 6.58. The fraction of sp³-hybridized carbons (Fsp3) is 0.100. The summed E-state index contributed by atoms with van der Waals surface area (Å²) >= 11 is 0. The van der Waals surface area contributed by atoms with Gasteiger partial charge in [-0.3, -0.25) is 0 Å². The Balaban J connectivity index is 0.00000112. The van der Waals surface area contributed by atoms with Gasteiger partial charge in [0.15, 0.2) is 12.4 Å². The first kappa shape index (κ1) is 11.4. The molecule has 2 aromatic heterocycles. The molecule has 0 aliphatic heterocycles. The van der Waals surface area contributed by atoms with Crippen molar-refractivity contribution in [3.05, 3.63) is 42.6 Å². The standard InChI is InChI=1S/C10H11N4.ClH/c1-8-12-7-9(10(11)13-8)14-5-3-2-4-6-14;/h2-7H,1H3,(H2,11,12,13);1H/q+1;/p-1. The Kier molecular flexibility index (Phi) is 3.57.